The number of methoxy groups -OCH3 is 2. The Morgan fingerprint density at radius 1 is 0.903 bits per heavy atom. The van der Waals surface area contributed by atoms with Crippen LogP contribution in [0.1, 0.15) is 104 Å². The quantitative estimate of drug-likeness (QED) is 0.138. The van der Waals surface area contributed by atoms with Crippen LogP contribution in [0.5, 0.6) is 0 Å². The number of aliphatic hydroxyl groups excluding tert-OH is 1. The lowest BCUT2D eigenvalue weighted by molar-refractivity contribution is -0.312. The highest BCUT2D eigenvalue weighted by Crippen LogP contribution is 2.47. The number of ether oxygens (including phenoxy) is 10. The molecule has 4 saturated heterocycles. The highest BCUT2D eigenvalue weighted by atomic mass is 16.7. The highest BCUT2D eigenvalue weighted by molar-refractivity contribution is 5.87. The van der Waals surface area contributed by atoms with Crippen LogP contribution < -0.4 is 5.32 Å². The second-order valence-corrected chi connectivity index (χ2v) is 21.0. The molecule has 4 fully saturated rings. The Morgan fingerprint density at radius 3 is 2.26 bits per heavy atom. The van der Waals surface area contributed by atoms with E-state index in [2.05, 4.69) is 52.1 Å². The molecule has 0 saturated carbocycles. The van der Waals surface area contributed by atoms with Crippen LogP contribution in [0.15, 0.2) is 89.6 Å². The monoisotopic (exact) mass is 1010 g/mol. The smallest absolute Gasteiger partial charge is 0.335 e. The number of carboxylic acid groups (broad SMARTS) is 1. The number of aliphatic hydroxyl groups is 2. The van der Waals surface area contributed by atoms with E-state index in [-0.39, 0.29) is 67.0 Å². The molecule has 72 heavy (non-hydrogen) atoms. The Labute approximate surface area is 426 Å². The third-order valence-corrected chi connectivity index (χ3v) is 15.9. The van der Waals surface area contributed by atoms with Gasteiger partial charge in [-0.1, -0.05) is 88.8 Å². The van der Waals surface area contributed by atoms with Crippen LogP contribution in [0.4, 0.5) is 0 Å². The Kier molecular flexibility index (Phi) is 19.0. The third-order valence-electron chi connectivity index (χ3n) is 15.9. The molecule has 1 spiro atoms. The zero-order valence-corrected chi connectivity index (χ0v) is 44.0. The standard InChI is InChI=1S/C49H75NO13.C7H6O2/c1-12-26(2)44-29(5)18-19-48(63-44)24-35-21-34(62-48)17-16-28(4)43(27(3)14-13-15-33-25-56-46-42(51)30(6)20-36(47(52)59-35)49(33,46)53)60-40-23-38(55-11)45(32(8)58-40)61-39-22-37(54-10)41(50-9)31(7)57-39;8-7(9)6-4-2-1-3-5-6/h13-16,18-20,26-27,29,31-32,34-46,50-51,53H,12,17,21-25H2,1-11H3;1-5H,(H,8,9)/b14-13+,28-16+,33-15+;/t26-,27-,29-,31-,32-,34+,35-,36-,37-,38-,39-,40-,41+,42+,43-,44?,45-,46+,48+,49+;/m0./s1. The van der Waals surface area contributed by atoms with Crippen molar-refractivity contribution in [2.24, 2.45) is 23.7 Å². The van der Waals surface area contributed by atoms with E-state index in [4.69, 9.17) is 52.5 Å². The average Bonchev–Trinajstić information content (AvgIpc) is 3.70. The average molecular weight is 1010 g/mol. The van der Waals surface area contributed by atoms with Gasteiger partial charge in [0.1, 0.15) is 35.9 Å². The van der Waals surface area contributed by atoms with Crippen molar-refractivity contribution in [3.8, 4) is 0 Å². The number of carboxylic acids is 1. The lowest BCUT2D eigenvalue weighted by atomic mass is 9.71. The number of carbonyl (C=O) groups is 2. The maximum atomic E-state index is 14.4. The molecule has 20 atom stereocenters. The van der Waals surface area contributed by atoms with Crippen LogP contribution in [0.3, 0.4) is 0 Å². The van der Waals surface area contributed by atoms with Crippen LogP contribution in [0.2, 0.25) is 0 Å². The van der Waals surface area contributed by atoms with E-state index in [0.717, 1.165) is 12.0 Å². The van der Waals surface area contributed by atoms with E-state index in [1.165, 1.54) is 0 Å². The fourth-order valence-electron chi connectivity index (χ4n) is 11.6. The molecule has 6 heterocycles. The largest absolute Gasteiger partial charge is 0.478 e. The number of fused-ring (bicyclic) bond motifs is 2. The van der Waals surface area contributed by atoms with Crippen LogP contribution in [-0.4, -0.2) is 152 Å². The summed E-state index contributed by atoms with van der Waals surface area (Å²) >= 11 is 0. The van der Waals surface area contributed by atoms with Crippen molar-refractivity contribution in [3.05, 3.63) is 95.1 Å². The van der Waals surface area contributed by atoms with Gasteiger partial charge in [0.25, 0.3) is 0 Å². The van der Waals surface area contributed by atoms with Crippen LogP contribution in [-0.2, 0) is 52.2 Å². The van der Waals surface area contributed by atoms with Gasteiger partial charge in [-0.15, -0.1) is 0 Å². The van der Waals surface area contributed by atoms with Gasteiger partial charge in [0.05, 0.1) is 60.9 Å². The van der Waals surface area contributed by atoms with E-state index in [1.807, 2.05) is 39.1 Å². The first-order valence-corrected chi connectivity index (χ1v) is 26.0. The first kappa shape index (κ1) is 56.1. The van der Waals surface area contributed by atoms with Gasteiger partial charge >= 0.3 is 11.9 Å². The summed E-state index contributed by atoms with van der Waals surface area (Å²) in [6.07, 6.45) is 10.7. The minimum atomic E-state index is -1.83. The summed E-state index contributed by atoms with van der Waals surface area (Å²) in [4.78, 5) is 24.6. The van der Waals surface area contributed by atoms with Gasteiger partial charge in [0, 0.05) is 51.7 Å². The number of hydrogen-bond acceptors (Lipinski definition) is 15. The van der Waals surface area contributed by atoms with Crippen molar-refractivity contribution in [2.75, 3.05) is 27.9 Å². The number of esters is 1. The second kappa shape index (κ2) is 24.4. The molecule has 0 aromatic heterocycles. The molecule has 400 valence electrons. The topological polar surface area (TPSA) is 199 Å². The van der Waals surface area contributed by atoms with Crippen molar-refractivity contribution >= 4 is 11.9 Å². The van der Waals surface area contributed by atoms with E-state index in [1.54, 1.807) is 63.6 Å². The van der Waals surface area contributed by atoms with E-state index >= 15 is 0 Å². The molecule has 4 N–H and O–H groups in total. The first-order valence-electron chi connectivity index (χ1n) is 26.0. The van der Waals surface area contributed by atoms with Crippen LogP contribution in [0.25, 0.3) is 0 Å². The van der Waals surface area contributed by atoms with Gasteiger partial charge in [-0.05, 0) is 82.0 Å². The molecule has 16 heteroatoms. The van der Waals surface area contributed by atoms with Gasteiger partial charge in [-0.25, -0.2) is 4.79 Å². The predicted molar refractivity (Wildman–Crippen MR) is 268 cm³/mol. The summed E-state index contributed by atoms with van der Waals surface area (Å²) in [7, 11) is 5.30. The maximum Gasteiger partial charge on any atom is 0.335 e. The lowest BCUT2D eigenvalue weighted by Gasteiger charge is -2.48. The minimum Gasteiger partial charge on any atom is -0.478 e. The summed E-state index contributed by atoms with van der Waals surface area (Å²) in [6.45, 7) is 16.4. The highest BCUT2D eigenvalue weighted by Gasteiger charge is 2.60. The molecule has 8 rings (SSSR count). The SMILES string of the molecule is CC[C@H](C)C1O[C@]2(C=C[C@@H]1C)C[C@@H]1C[C@@H](C/C=C(\C)[C@@H](O[C@H]3C[C@H](OC)[C@@H](O[C@H]4C[C@H](OC)[C@H](NC)[C@H](C)O4)[C@H](C)O3)[C@@H](C)/C=C/C=C3\CO[C@@H]4[C@H](O)C(C)=C[C@@H](C(=O)O1)[C@]34O)O2.O=C(O)c1ccccc1. The Hall–Kier alpha value is -3.62. The molecule has 1 aromatic rings. The summed E-state index contributed by atoms with van der Waals surface area (Å²) in [6, 6.07) is 8.34. The predicted octanol–water partition coefficient (Wildman–Crippen LogP) is 6.99. The number of rotatable bonds is 10. The lowest BCUT2D eigenvalue weighted by Crippen LogP contribution is -2.58. The number of likely N-dealkylation sites (N-methyl/N-ethyl adjacent to an activating group) is 1. The third kappa shape index (κ3) is 12.4. The van der Waals surface area contributed by atoms with Gasteiger partial charge < -0.3 is 68.0 Å². The Bertz CT molecular complexity index is 2140. The number of benzene rings is 1. The minimum absolute atomic E-state index is 0.0411. The zero-order valence-electron chi connectivity index (χ0n) is 44.0. The number of allylic oxidation sites excluding steroid dienone is 2. The van der Waals surface area contributed by atoms with Crippen molar-refractivity contribution in [3.63, 3.8) is 0 Å². The van der Waals surface area contributed by atoms with Gasteiger partial charge in [-0.2, -0.15) is 0 Å². The summed E-state index contributed by atoms with van der Waals surface area (Å²) < 4.78 is 64.6. The molecule has 6 aliphatic heterocycles. The molecule has 1 unspecified atom stereocenters. The number of hydrogen-bond donors (Lipinski definition) is 4. The molecule has 0 amide bonds. The van der Waals surface area contributed by atoms with E-state index < -0.39 is 72.3 Å². The van der Waals surface area contributed by atoms with Gasteiger partial charge in [0.2, 0.25) is 0 Å². The molecule has 7 aliphatic rings. The molecular formula is C56H81NO15. The molecule has 1 aromatic carbocycles. The Balaban J connectivity index is 0.000000761. The fourth-order valence-corrected chi connectivity index (χ4v) is 11.6. The van der Waals surface area contributed by atoms with E-state index in [0.29, 0.717) is 48.8 Å². The second-order valence-electron chi connectivity index (χ2n) is 21.0. The summed E-state index contributed by atoms with van der Waals surface area (Å²) in [5.74, 6) is -3.39. The van der Waals surface area contributed by atoms with Crippen molar-refractivity contribution in [1.82, 2.24) is 5.32 Å². The van der Waals surface area contributed by atoms with Crippen molar-refractivity contribution < 1.29 is 72.3 Å². The van der Waals surface area contributed by atoms with Crippen molar-refractivity contribution in [2.45, 2.75) is 191 Å². The first-order chi connectivity index (χ1) is 34.3. The van der Waals surface area contributed by atoms with Crippen LogP contribution >= 0.6 is 0 Å². The summed E-state index contributed by atoms with van der Waals surface area (Å²) in [5.41, 5.74) is 0.511. The number of nitrogens with one attached hydrogen (secondary N) is 1. The molecular weight excluding hydrogens is 927 g/mol. The molecule has 0 radical (unpaired) electrons. The summed E-state index contributed by atoms with van der Waals surface area (Å²) in [5, 5.41) is 35.4. The zero-order chi connectivity index (χ0) is 52.1. The molecule has 1 aliphatic carbocycles. The van der Waals surface area contributed by atoms with Crippen LogP contribution in [0, 0.1) is 23.7 Å². The fraction of sp³-hybridized carbons (Fsp3) is 0.679. The van der Waals surface area contributed by atoms with Gasteiger partial charge in [-0.3, -0.25) is 4.79 Å². The Morgan fingerprint density at radius 2 is 1.60 bits per heavy atom. The van der Waals surface area contributed by atoms with Gasteiger partial charge in [0.15, 0.2) is 18.4 Å². The number of aromatic carboxylic acids is 1. The molecule has 2 bridgehead atoms. The van der Waals surface area contributed by atoms with E-state index in [9.17, 15) is 19.8 Å². The molecule has 16 nitrogen and oxygen atoms in total. The number of carbonyl (C=O) groups excluding carboxylic acids is 1. The maximum absolute atomic E-state index is 14.4. The normalized spacial score (nSPS) is 43.6. The van der Waals surface area contributed by atoms with Crippen molar-refractivity contribution in [1.29, 1.82) is 0 Å².